The van der Waals surface area contributed by atoms with Crippen molar-refractivity contribution < 1.29 is 33.6 Å². The van der Waals surface area contributed by atoms with Crippen LogP contribution in [0.5, 0.6) is 5.75 Å². The molecule has 2 rings (SSSR count). The number of carboxylic acid groups (broad SMARTS) is 1. The van der Waals surface area contributed by atoms with Gasteiger partial charge in [-0.2, -0.15) is 0 Å². The number of carbonyl (C=O) groups is 1. The Balaban J connectivity index is 1.50. The third-order valence-corrected chi connectivity index (χ3v) is 3.39. The highest BCUT2D eigenvalue weighted by Crippen LogP contribution is 2.39. The van der Waals surface area contributed by atoms with Gasteiger partial charge in [-0.1, -0.05) is 12.1 Å². The molecule has 0 unspecified atom stereocenters. The summed E-state index contributed by atoms with van der Waals surface area (Å²) < 4.78 is 26.5. The van der Waals surface area contributed by atoms with E-state index in [0.29, 0.717) is 52.0 Å². The molecule has 1 fully saturated rings. The van der Waals surface area contributed by atoms with Crippen LogP contribution in [-0.2, 0) is 23.7 Å². The van der Waals surface area contributed by atoms with Gasteiger partial charge in [-0.3, -0.25) is 0 Å². The Hall–Kier alpha value is -1.67. The largest absolute Gasteiger partial charge is 0.491 e. The van der Waals surface area contributed by atoms with E-state index in [2.05, 4.69) is 0 Å². The van der Waals surface area contributed by atoms with Crippen LogP contribution in [0.15, 0.2) is 24.3 Å². The minimum atomic E-state index is -0.931. The van der Waals surface area contributed by atoms with E-state index in [1.807, 2.05) is 19.1 Å². The zero-order valence-corrected chi connectivity index (χ0v) is 13.8. The maximum absolute atomic E-state index is 10.7. The first-order valence-electron chi connectivity index (χ1n) is 8.06. The summed E-state index contributed by atoms with van der Waals surface area (Å²) in [5.74, 6) is -0.220. The van der Waals surface area contributed by atoms with Crippen LogP contribution in [0.3, 0.4) is 0 Å². The van der Waals surface area contributed by atoms with Gasteiger partial charge in [-0.15, -0.1) is 0 Å². The lowest BCUT2D eigenvalue weighted by Crippen LogP contribution is -2.12. The molecule has 0 radical (unpaired) electrons. The van der Waals surface area contributed by atoms with Crippen molar-refractivity contribution in [3.8, 4) is 5.75 Å². The van der Waals surface area contributed by atoms with Gasteiger partial charge in [0.1, 0.15) is 18.5 Å². The van der Waals surface area contributed by atoms with Crippen LogP contribution in [-0.4, -0.2) is 63.4 Å². The van der Waals surface area contributed by atoms with Gasteiger partial charge in [-0.05, 0) is 24.6 Å². The summed E-state index contributed by atoms with van der Waals surface area (Å²) in [6.45, 7) is 5.80. The highest BCUT2D eigenvalue weighted by molar-refractivity contribution is 5.76. The molecule has 0 aromatic heterocycles. The van der Waals surface area contributed by atoms with Gasteiger partial charge in [0.15, 0.2) is 6.10 Å². The standard InChI is InChI=1S/C17H24O7/c1-2-20-7-8-21-9-10-22-11-12-23-14-5-3-13(4-6-14)15-16(24-15)17(18)19/h3-6,15-16H,2,7-12H2,1H3,(H,18,19)/t15-,16+/m0/s1. The number of epoxide rings is 1. The number of aliphatic carboxylic acids is 1. The van der Waals surface area contributed by atoms with E-state index in [9.17, 15) is 4.79 Å². The minimum Gasteiger partial charge on any atom is -0.491 e. The molecule has 0 aliphatic carbocycles. The van der Waals surface area contributed by atoms with E-state index in [-0.39, 0.29) is 6.10 Å². The molecule has 0 amide bonds. The van der Waals surface area contributed by atoms with E-state index in [1.165, 1.54) is 0 Å². The Labute approximate surface area is 141 Å². The molecule has 7 nitrogen and oxygen atoms in total. The van der Waals surface area contributed by atoms with Crippen LogP contribution >= 0.6 is 0 Å². The first-order valence-corrected chi connectivity index (χ1v) is 8.06. The summed E-state index contributed by atoms with van der Waals surface area (Å²) >= 11 is 0. The molecule has 1 aromatic rings. The lowest BCUT2D eigenvalue weighted by molar-refractivity contribution is -0.138. The molecular formula is C17H24O7. The lowest BCUT2D eigenvalue weighted by atomic mass is 10.1. The van der Waals surface area contributed by atoms with Crippen LogP contribution in [0.25, 0.3) is 0 Å². The molecule has 0 saturated carbocycles. The van der Waals surface area contributed by atoms with E-state index >= 15 is 0 Å². The minimum absolute atomic E-state index is 0.345. The SMILES string of the molecule is CCOCCOCCOCCOc1ccc([C@@H]2O[C@H]2C(=O)O)cc1. The summed E-state index contributed by atoms with van der Waals surface area (Å²) in [7, 11) is 0. The molecule has 7 heteroatoms. The molecule has 2 atom stereocenters. The van der Waals surface area contributed by atoms with Crippen LogP contribution in [0.4, 0.5) is 0 Å². The second-order valence-corrected chi connectivity index (χ2v) is 5.15. The highest BCUT2D eigenvalue weighted by atomic mass is 16.6. The zero-order chi connectivity index (χ0) is 17.2. The van der Waals surface area contributed by atoms with Gasteiger partial charge in [0.25, 0.3) is 0 Å². The molecule has 24 heavy (non-hydrogen) atoms. The topological polar surface area (TPSA) is 86.8 Å². The molecule has 1 aliphatic heterocycles. The van der Waals surface area contributed by atoms with Crippen molar-refractivity contribution >= 4 is 5.97 Å². The quantitative estimate of drug-likeness (QED) is 0.432. The third-order valence-electron chi connectivity index (χ3n) is 3.39. The summed E-state index contributed by atoms with van der Waals surface area (Å²) in [6, 6.07) is 7.23. The van der Waals surface area contributed by atoms with Gasteiger partial charge in [0, 0.05) is 6.61 Å². The summed E-state index contributed by atoms with van der Waals surface area (Å²) in [4.78, 5) is 10.7. The molecule has 0 spiro atoms. The van der Waals surface area contributed by atoms with Crippen LogP contribution < -0.4 is 4.74 Å². The molecule has 1 saturated heterocycles. The van der Waals surface area contributed by atoms with Gasteiger partial charge >= 0.3 is 5.97 Å². The van der Waals surface area contributed by atoms with Crippen molar-refractivity contribution in [2.24, 2.45) is 0 Å². The van der Waals surface area contributed by atoms with E-state index in [0.717, 1.165) is 5.56 Å². The smallest absolute Gasteiger partial charge is 0.335 e. The van der Waals surface area contributed by atoms with Crippen LogP contribution in [0.2, 0.25) is 0 Å². The molecular weight excluding hydrogens is 316 g/mol. The Morgan fingerprint density at radius 1 is 1.00 bits per heavy atom. The van der Waals surface area contributed by atoms with Crippen molar-refractivity contribution in [2.45, 2.75) is 19.1 Å². The Morgan fingerprint density at radius 3 is 2.12 bits per heavy atom. The summed E-state index contributed by atoms with van der Waals surface area (Å²) in [5.41, 5.74) is 0.843. The number of hydrogen-bond donors (Lipinski definition) is 1. The molecule has 1 N–H and O–H groups in total. The predicted molar refractivity (Wildman–Crippen MR) is 85.3 cm³/mol. The second kappa shape index (κ2) is 10.2. The van der Waals surface area contributed by atoms with E-state index in [1.54, 1.807) is 12.1 Å². The molecule has 134 valence electrons. The van der Waals surface area contributed by atoms with Crippen LogP contribution in [0.1, 0.15) is 18.6 Å². The van der Waals surface area contributed by atoms with E-state index < -0.39 is 12.1 Å². The fourth-order valence-corrected chi connectivity index (χ4v) is 2.11. The summed E-state index contributed by atoms with van der Waals surface area (Å²) in [6.07, 6.45) is -1.07. The van der Waals surface area contributed by atoms with Gasteiger partial charge < -0.3 is 28.8 Å². The first-order chi connectivity index (χ1) is 11.7. The Kier molecular flexibility index (Phi) is 7.97. The summed E-state index contributed by atoms with van der Waals surface area (Å²) in [5, 5.41) is 8.82. The molecule has 0 bridgehead atoms. The Morgan fingerprint density at radius 2 is 1.58 bits per heavy atom. The number of hydrogen-bond acceptors (Lipinski definition) is 6. The maximum atomic E-state index is 10.7. The number of ether oxygens (including phenoxy) is 5. The predicted octanol–water partition coefficient (Wildman–Crippen LogP) is 1.66. The van der Waals surface area contributed by atoms with Crippen molar-refractivity contribution in [3.05, 3.63) is 29.8 Å². The van der Waals surface area contributed by atoms with Crippen LogP contribution in [0, 0.1) is 0 Å². The van der Waals surface area contributed by atoms with Crippen molar-refractivity contribution in [1.82, 2.24) is 0 Å². The highest BCUT2D eigenvalue weighted by Gasteiger charge is 2.46. The third kappa shape index (κ3) is 6.45. The molecule has 1 heterocycles. The first kappa shape index (κ1) is 18.7. The number of benzene rings is 1. The average Bonchev–Trinajstić information content (AvgIpc) is 3.38. The number of rotatable bonds is 13. The Bertz CT molecular complexity index is 488. The van der Waals surface area contributed by atoms with Gasteiger partial charge in [0.05, 0.1) is 33.0 Å². The van der Waals surface area contributed by atoms with E-state index in [4.69, 9.17) is 28.8 Å². The van der Waals surface area contributed by atoms with Crippen molar-refractivity contribution in [3.63, 3.8) is 0 Å². The van der Waals surface area contributed by atoms with Gasteiger partial charge in [-0.25, -0.2) is 4.79 Å². The number of carboxylic acids is 1. The van der Waals surface area contributed by atoms with Crippen molar-refractivity contribution in [2.75, 3.05) is 46.2 Å². The zero-order valence-electron chi connectivity index (χ0n) is 13.8. The maximum Gasteiger partial charge on any atom is 0.335 e. The fourth-order valence-electron chi connectivity index (χ4n) is 2.11. The molecule has 1 aliphatic rings. The normalized spacial score (nSPS) is 19.2. The second-order valence-electron chi connectivity index (χ2n) is 5.15. The average molecular weight is 340 g/mol. The monoisotopic (exact) mass is 340 g/mol. The molecule has 1 aromatic carbocycles. The fraction of sp³-hybridized carbons (Fsp3) is 0.588. The van der Waals surface area contributed by atoms with Crippen molar-refractivity contribution in [1.29, 1.82) is 0 Å². The lowest BCUT2D eigenvalue weighted by Gasteiger charge is -2.08. The van der Waals surface area contributed by atoms with Gasteiger partial charge in [0.2, 0.25) is 0 Å².